The summed E-state index contributed by atoms with van der Waals surface area (Å²) in [5, 5.41) is 9.09. The largest absolute Gasteiger partial charge is 0.480 e. The quantitative estimate of drug-likeness (QED) is 0.905. The van der Waals surface area contributed by atoms with E-state index in [4.69, 9.17) is 5.11 Å². The van der Waals surface area contributed by atoms with E-state index in [0.717, 1.165) is 4.90 Å². The molecule has 1 fully saturated rings. The number of carbonyl (C=O) groups excluding carboxylic acids is 1. The normalized spacial score (nSPS) is 22.1. The molecule has 108 valence electrons. The van der Waals surface area contributed by atoms with Crippen LogP contribution in [0.15, 0.2) is 12.1 Å². The number of benzene rings is 1. The van der Waals surface area contributed by atoms with Crippen molar-refractivity contribution in [3.8, 4) is 0 Å². The molecule has 1 aliphatic rings. The Labute approximate surface area is 112 Å². The summed E-state index contributed by atoms with van der Waals surface area (Å²) in [6, 6.07) is -0.344. The van der Waals surface area contributed by atoms with Gasteiger partial charge in [0, 0.05) is 18.7 Å². The predicted octanol–water partition coefficient (Wildman–Crippen LogP) is 2.04. The summed E-state index contributed by atoms with van der Waals surface area (Å²) in [5.41, 5.74) is -0.924. The zero-order chi connectivity index (χ0) is 15.0. The van der Waals surface area contributed by atoms with E-state index in [1.165, 1.54) is 0 Å². The number of aliphatic carboxylic acids is 1. The van der Waals surface area contributed by atoms with Crippen molar-refractivity contribution in [3.05, 3.63) is 35.1 Å². The maximum Gasteiger partial charge on any atom is 0.326 e. The summed E-state index contributed by atoms with van der Waals surface area (Å²) >= 11 is 0. The van der Waals surface area contributed by atoms with E-state index in [0.29, 0.717) is 18.6 Å². The lowest BCUT2D eigenvalue weighted by Gasteiger charge is -2.23. The van der Waals surface area contributed by atoms with Crippen LogP contribution in [0.3, 0.4) is 0 Å². The van der Waals surface area contributed by atoms with Gasteiger partial charge >= 0.3 is 5.97 Å². The standard InChI is InChI=1S/C13H12F3NO3/c1-6-2-3-17(11(6)13(19)20)12(18)10-8(15)4-7(14)5-9(10)16/h4-6,11H,2-3H2,1H3,(H,19,20). The molecule has 1 amide bonds. The molecule has 0 aliphatic carbocycles. The van der Waals surface area contributed by atoms with E-state index in [1.54, 1.807) is 6.92 Å². The lowest BCUT2D eigenvalue weighted by atomic mass is 10.0. The highest BCUT2D eigenvalue weighted by molar-refractivity contribution is 5.97. The molecule has 1 N–H and O–H groups in total. The number of carboxylic acid groups (broad SMARTS) is 1. The first-order valence-corrected chi connectivity index (χ1v) is 6.01. The second kappa shape index (κ2) is 5.15. The highest BCUT2D eigenvalue weighted by Crippen LogP contribution is 2.27. The second-order valence-electron chi connectivity index (χ2n) is 4.79. The molecule has 7 heteroatoms. The van der Waals surface area contributed by atoms with Crippen molar-refractivity contribution in [1.29, 1.82) is 0 Å². The Hall–Kier alpha value is -2.05. The van der Waals surface area contributed by atoms with Crippen LogP contribution < -0.4 is 0 Å². The Bertz CT molecular complexity index is 553. The number of nitrogens with zero attached hydrogens (tertiary/aromatic N) is 1. The summed E-state index contributed by atoms with van der Waals surface area (Å²) < 4.78 is 39.9. The SMILES string of the molecule is CC1CCN(C(=O)c2c(F)cc(F)cc2F)C1C(=O)O. The van der Waals surface area contributed by atoms with Gasteiger partial charge < -0.3 is 10.0 Å². The van der Waals surface area contributed by atoms with Crippen LogP contribution in [0.5, 0.6) is 0 Å². The summed E-state index contributed by atoms with van der Waals surface area (Å²) in [6.07, 6.45) is 0.424. The van der Waals surface area contributed by atoms with Gasteiger partial charge in [-0.3, -0.25) is 4.79 Å². The number of carbonyl (C=O) groups is 2. The van der Waals surface area contributed by atoms with Gasteiger partial charge in [-0.1, -0.05) is 6.92 Å². The highest BCUT2D eigenvalue weighted by atomic mass is 19.1. The summed E-state index contributed by atoms with van der Waals surface area (Å²) in [4.78, 5) is 24.2. The third-order valence-corrected chi connectivity index (χ3v) is 3.43. The fraction of sp³-hybridized carbons (Fsp3) is 0.385. The number of hydrogen-bond acceptors (Lipinski definition) is 2. The Morgan fingerprint density at radius 1 is 1.25 bits per heavy atom. The molecule has 4 nitrogen and oxygen atoms in total. The van der Waals surface area contributed by atoms with Crippen molar-refractivity contribution < 1.29 is 27.9 Å². The average molecular weight is 287 g/mol. The zero-order valence-electron chi connectivity index (χ0n) is 10.6. The van der Waals surface area contributed by atoms with Crippen molar-refractivity contribution in [2.75, 3.05) is 6.54 Å². The number of amides is 1. The maximum atomic E-state index is 13.6. The molecule has 0 spiro atoms. The molecule has 1 saturated heterocycles. The van der Waals surface area contributed by atoms with Gasteiger partial charge in [0.1, 0.15) is 29.1 Å². The fourth-order valence-corrected chi connectivity index (χ4v) is 2.44. The molecular weight excluding hydrogens is 275 g/mol. The molecule has 2 atom stereocenters. The fourth-order valence-electron chi connectivity index (χ4n) is 2.44. The molecule has 0 radical (unpaired) electrons. The van der Waals surface area contributed by atoms with Gasteiger partial charge in [-0.15, -0.1) is 0 Å². The average Bonchev–Trinajstić information content (AvgIpc) is 2.69. The van der Waals surface area contributed by atoms with E-state index >= 15 is 0 Å². The van der Waals surface area contributed by atoms with Crippen LogP contribution in [0.25, 0.3) is 0 Å². The molecule has 0 aromatic heterocycles. The van der Waals surface area contributed by atoms with Crippen LogP contribution >= 0.6 is 0 Å². The van der Waals surface area contributed by atoms with E-state index in [2.05, 4.69) is 0 Å². The van der Waals surface area contributed by atoms with Crippen LogP contribution in [-0.4, -0.2) is 34.5 Å². The monoisotopic (exact) mass is 287 g/mol. The molecule has 2 rings (SSSR count). The predicted molar refractivity (Wildman–Crippen MR) is 62.6 cm³/mol. The highest BCUT2D eigenvalue weighted by Gasteiger charge is 2.41. The number of rotatable bonds is 2. The number of likely N-dealkylation sites (tertiary alicyclic amines) is 1. The van der Waals surface area contributed by atoms with Crippen LogP contribution in [0.4, 0.5) is 13.2 Å². The molecule has 1 heterocycles. The second-order valence-corrected chi connectivity index (χ2v) is 4.79. The van der Waals surface area contributed by atoms with Crippen molar-refractivity contribution in [1.82, 2.24) is 4.90 Å². The van der Waals surface area contributed by atoms with Crippen molar-refractivity contribution >= 4 is 11.9 Å². The van der Waals surface area contributed by atoms with Crippen LogP contribution in [0.1, 0.15) is 23.7 Å². The molecular formula is C13H12F3NO3. The Morgan fingerprint density at radius 3 is 2.30 bits per heavy atom. The van der Waals surface area contributed by atoms with Gasteiger partial charge in [0.25, 0.3) is 5.91 Å². The van der Waals surface area contributed by atoms with Gasteiger partial charge in [-0.25, -0.2) is 18.0 Å². The van der Waals surface area contributed by atoms with Crippen LogP contribution in [-0.2, 0) is 4.79 Å². The Morgan fingerprint density at radius 2 is 1.80 bits per heavy atom. The molecule has 0 bridgehead atoms. The van der Waals surface area contributed by atoms with Crippen molar-refractivity contribution in [2.45, 2.75) is 19.4 Å². The first kappa shape index (κ1) is 14.4. The first-order valence-electron chi connectivity index (χ1n) is 6.01. The van der Waals surface area contributed by atoms with E-state index in [-0.39, 0.29) is 12.5 Å². The van der Waals surface area contributed by atoms with Crippen molar-refractivity contribution in [2.24, 2.45) is 5.92 Å². The molecule has 1 aliphatic heterocycles. The molecule has 2 unspecified atom stereocenters. The third-order valence-electron chi connectivity index (χ3n) is 3.43. The van der Waals surface area contributed by atoms with Gasteiger partial charge in [0.15, 0.2) is 0 Å². The number of carboxylic acids is 1. The lowest BCUT2D eigenvalue weighted by molar-refractivity contribution is -0.142. The van der Waals surface area contributed by atoms with Gasteiger partial charge in [-0.2, -0.15) is 0 Å². The number of halogens is 3. The lowest BCUT2D eigenvalue weighted by Crippen LogP contribution is -2.43. The first-order chi connectivity index (χ1) is 9.32. The zero-order valence-corrected chi connectivity index (χ0v) is 10.6. The Balaban J connectivity index is 2.39. The Kier molecular flexibility index (Phi) is 3.69. The maximum absolute atomic E-state index is 13.6. The minimum absolute atomic E-state index is 0.0905. The number of hydrogen-bond donors (Lipinski definition) is 1. The van der Waals surface area contributed by atoms with E-state index < -0.39 is 40.9 Å². The third kappa shape index (κ3) is 2.35. The summed E-state index contributed by atoms with van der Waals surface area (Å²) in [7, 11) is 0. The van der Waals surface area contributed by atoms with E-state index in [9.17, 15) is 22.8 Å². The van der Waals surface area contributed by atoms with Gasteiger partial charge in [0.2, 0.25) is 0 Å². The molecule has 20 heavy (non-hydrogen) atoms. The van der Waals surface area contributed by atoms with Crippen LogP contribution in [0, 0.1) is 23.4 Å². The summed E-state index contributed by atoms with van der Waals surface area (Å²) in [6.45, 7) is 1.73. The topological polar surface area (TPSA) is 57.6 Å². The minimum atomic E-state index is -1.34. The van der Waals surface area contributed by atoms with Crippen LogP contribution in [0.2, 0.25) is 0 Å². The summed E-state index contributed by atoms with van der Waals surface area (Å²) in [5.74, 6) is -6.43. The minimum Gasteiger partial charge on any atom is -0.480 e. The van der Waals surface area contributed by atoms with Gasteiger partial charge in [0.05, 0.1) is 0 Å². The van der Waals surface area contributed by atoms with Gasteiger partial charge in [-0.05, 0) is 12.3 Å². The molecule has 0 saturated carbocycles. The molecule has 1 aromatic rings. The van der Waals surface area contributed by atoms with Crippen molar-refractivity contribution in [3.63, 3.8) is 0 Å². The smallest absolute Gasteiger partial charge is 0.326 e. The molecule has 1 aromatic carbocycles. The van der Waals surface area contributed by atoms with E-state index in [1.807, 2.05) is 0 Å².